The monoisotopic (exact) mass is 245 g/mol. The number of aromatic nitrogens is 2. The molecule has 0 saturated heterocycles. The molecule has 0 aliphatic carbocycles. The number of nitrogens with one attached hydrogen (secondary N) is 2. The first-order chi connectivity index (χ1) is 8.79. The summed E-state index contributed by atoms with van der Waals surface area (Å²) in [6, 6.07) is 7.79. The van der Waals surface area contributed by atoms with Crippen molar-refractivity contribution in [2.75, 3.05) is 13.7 Å². The van der Waals surface area contributed by atoms with Gasteiger partial charge in [0.2, 0.25) is 0 Å². The van der Waals surface area contributed by atoms with Gasteiger partial charge in [-0.2, -0.15) is 0 Å². The molecule has 5 nitrogen and oxygen atoms in total. The van der Waals surface area contributed by atoms with E-state index in [0.717, 1.165) is 17.7 Å². The van der Waals surface area contributed by atoms with E-state index in [0.29, 0.717) is 12.2 Å². The second kappa shape index (κ2) is 5.86. The normalized spacial score (nSPS) is 10.1. The highest BCUT2D eigenvalue weighted by atomic mass is 16.5. The van der Waals surface area contributed by atoms with Gasteiger partial charge in [0.1, 0.15) is 11.4 Å². The topological polar surface area (TPSA) is 67.0 Å². The minimum atomic E-state index is -0.138. The number of rotatable bonds is 5. The number of benzene rings is 1. The molecule has 2 N–H and O–H groups in total. The van der Waals surface area contributed by atoms with Crippen LogP contribution in [0.2, 0.25) is 0 Å². The molecule has 2 rings (SSSR count). The average Bonchev–Trinajstić information content (AvgIpc) is 2.93. The van der Waals surface area contributed by atoms with Gasteiger partial charge in [0.25, 0.3) is 5.91 Å². The van der Waals surface area contributed by atoms with Gasteiger partial charge in [0, 0.05) is 6.54 Å². The van der Waals surface area contributed by atoms with Gasteiger partial charge in [0.05, 0.1) is 19.6 Å². The molecular weight excluding hydrogens is 230 g/mol. The maximum Gasteiger partial charge on any atom is 0.269 e. The van der Waals surface area contributed by atoms with E-state index >= 15 is 0 Å². The van der Waals surface area contributed by atoms with Crippen LogP contribution in [0.1, 0.15) is 16.1 Å². The lowest BCUT2D eigenvalue weighted by molar-refractivity contribution is 0.0949. The average molecular weight is 245 g/mol. The van der Waals surface area contributed by atoms with Crippen molar-refractivity contribution in [2.24, 2.45) is 0 Å². The molecule has 94 valence electrons. The van der Waals surface area contributed by atoms with Gasteiger partial charge in [-0.1, -0.05) is 12.1 Å². The Kier molecular flexibility index (Phi) is 3.96. The lowest BCUT2D eigenvalue weighted by Crippen LogP contribution is -2.25. The zero-order valence-corrected chi connectivity index (χ0v) is 10.1. The lowest BCUT2D eigenvalue weighted by Gasteiger charge is -2.05. The Labute approximate surface area is 105 Å². The van der Waals surface area contributed by atoms with E-state index in [-0.39, 0.29) is 5.91 Å². The van der Waals surface area contributed by atoms with Crippen molar-refractivity contribution in [3.8, 4) is 5.75 Å². The van der Waals surface area contributed by atoms with E-state index in [1.54, 1.807) is 7.11 Å². The first kappa shape index (κ1) is 12.2. The SMILES string of the molecule is COc1ccc(CCNC(=O)c2cnc[nH]2)cc1. The van der Waals surface area contributed by atoms with Crippen molar-refractivity contribution in [1.29, 1.82) is 0 Å². The molecule has 0 spiro atoms. The van der Waals surface area contributed by atoms with Crippen molar-refractivity contribution in [1.82, 2.24) is 15.3 Å². The summed E-state index contributed by atoms with van der Waals surface area (Å²) in [4.78, 5) is 18.2. The fourth-order valence-electron chi connectivity index (χ4n) is 1.59. The van der Waals surface area contributed by atoms with Crippen LogP contribution < -0.4 is 10.1 Å². The number of imidazole rings is 1. The Morgan fingerprint density at radius 3 is 2.78 bits per heavy atom. The Balaban J connectivity index is 1.79. The van der Waals surface area contributed by atoms with Gasteiger partial charge in [-0.3, -0.25) is 4.79 Å². The highest BCUT2D eigenvalue weighted by molar-refractivity contribution is 5.91. The number of carbonyl (C=O) groups excluding carboxylic acids is 1. The maximum atomic E-state index is 11.6. The van der Waals surface area contributed by atoms with Gasteiger partial charge in [-0.25, -0.2) is 4.98 Å². The summed E-state index contributed by atoms with van der Waals surface area (Å²) in [6.45, 7) is 0.587. The number of aromatic amines is 1. The number of nitrogens with zero attached hydrogens (tertiary/aromatic N) is 1. The summed E-state index contributed by atoms with van der Waals surface area (Å²) in [5.41, 5.74) is 1.63. The van der Waals surface area contributed by atoms with Crippen molar-refractivity contribution >= 4 is 5.91 Å². The fraction of sp³-hybridized carbons (Fsp3) is 0.231. The summed E-state index contributed by atoms with van der Waals surface area (Å²) >= 11 is 0. The third-order valence-electron chi connectivity index (χ3n) is 2.60. The van der Waals surface area contributed by atoms with Gasteiger partial charge < -0.3 is 15.0 Å². The number of carbonyl (C=O) groups is 1. The summed E-state index contributed by atoms with van der Waals surface area (Å²) < 4.78 is 5.08. The molecule has 0 fully saturated rings. The molecule has 5 heteroatoms. The van der Waals surface area contributed by atoms with E-state index in [4.69, 9.17) is 4.74 Å². The first-order valence-electron chi connectivity index (χ1n) is 5.69. The van der Waals surface area contributed by atoms with Gasteiger partial charge >= 0.3 is 0 Å². The summed E-state index contributed by atoms with van der Waals surface area (Å²) in [6.07, 6.45) is 3.77. The van der Waals surface area contributed by atoms with Crippen molar-refractivity contribution < 1.29 is 9.53 Å². The van der Waals surface area contributed by atoms with Crippen LogP contribution in [-0.2, 0) is 6.42 Å². The van der Waals surface area contributed by atoms with Crippen LogP contribution in [-0.4, -0.2) is 29.5 Å². The van der Waals surface area contributed by atoms with Crippen LogP contribution in [0, 0.1) is 0 Å². The standard InChI is InChI=1S/C13H15N3O2/c1-18-11-4-2-10(3-5-11)6-7-15-13(17)12-8-14-9-16-12/h2-5,8-9H,6-7H2,1H3,(H,14,16)(H,15,17). The highest BCUT2D eigenvalue weighted by Crippen LogP contribution is 2.11. The van der Waals surface area contributed by atoms with Crippen LogP contribution in [0.3, 0.4) is 0 Å². The van der Waals surface area contributed by atoms with Crippen LogP contribution in [0.15, 0.2) is 36.8 Å². The van der Waals surface area contributed by atoms with Crippen LogP contribution in [0.25, 0.3) is 0 Å². The Bertz CT molecular complexity index is 491. The molecule has 1 amide bonds. The van der Waals surface area contributed by atoms with E-state index in [1.807, 2.05) is 24.3 Å². The van der Waals surface area contributed by atoms with Gasteiger partial charge in [-0.15, -0.1) is 0 Å². The van der Waals surface area contributed by atoms with Crippen molar-refractivity contribution in [3.63, 3.8) is 0 Å². The third kappa shape index (κ3) is 3.10. The predicted molar refractivity (Wildman–Crippen MR) is 67.6 cm³/mol. The zero-order valence-electron chi connectivity index (χ0n) is 10.1. The van der Waals surface area contributed by atoms with E-state index in [1.165, 1.54) is 12.5 Å². The molecule has 0 atom stereocenters. The molecule has 0 unspecified atom stereocenters. The van der Waals surface area contributed by atoms with E-state index in [2.05, 4.69) is 15.3 Å². The predicted octanol–water partition coefficient (Wildman–Crippen LogP) is 1.39. The number of ether oxygens (including phenoxy) is 1. The largest absolute Gasteiger partial charge is 0.497 e. The highest BCUT2D eigenvalue weighted by Gasteiger charge is 2.05. The molecule has 0 aliphatic rings. The van der Waals surface area contributed by atoms with Gasteiger partial charge in [-0.05, 0) is 24.1 Å². The van der Waals surface area contributed by atoms with E-state index < -0.39 is 0 Å². The summed E-state index contributed by atoms with van der Waals surface area (Å²) in [5, 5.41) is 2.82. The molecule has 0 saturated carbocycles. The number of methoxy groups -OCH3 is 1. The van der Waals surface area contributed by atoms with Crippen molar-refractivity contribution in [2.45, 2.75) is 6.42 Å². The Hall–Kier alpha value is -2.30. The molecular formula is C13H15N3O2. The van der Waals surface area contributed by atoms with Crippen LogP contribution >= 0.6 is 0 Å². The molecule has 1 aromatic heterocycles. The molecule has 2 aromatic rings. The first-order valence-corrected chi connectivity index (χ1v) is 5.69. The molecule has 1 heterocycles. The Morgan fingerprint density at radius 2 is 2.17 bits per heavy atom. The second-order valence-corrected chi connectivity index (χ2v) is 3.82. The Morgan fingerprint density at radius 1 is 1.39 bits per heavy atom. The smallest absolute Gasteiger partial charge is 0.269 e. The number of H-pyrrole nitrogens is 1. The number of hydrogen-bond acceptors (Lipinski definition) is 3. The number of hydrogen-bond donors (Lipinski definition) is 2. The van der Waals surface area contributed by atoms with Gasteiger partial charge in [0.15, 0.2) is 0 Å². The van der Waals surface area contributed by atoms with Crippen LogP contribution in [0.4, 0.5) is 0 Å². The summed E-state index contributed by atoms with van der Waals surface area (Å²) in [7, 11) is 1.64. The number of amides is 1. The van der Waals surface area contributed by atoms with Crippen LogP contribution in [0.5, 0.6) is 5.75 Å². The van der Waals surface area contributed by atoms with E-state index in [9.17, 15) is 4.79 Å². The maximum absolute atomic E-state index is 11.6. The molecule has 0 aliphatic heterocycles. The molecule has 1 aromatic carbocycles. The second-order valence-electron chi connectivity index (χ2n) is 3.82. The minimum Gasteiger partial charge on any atom is -0.497 e. The zero-order chi connectivity index (χ0) is 12.8. The molecule has 0 bridgehead atoms. The fourth-order valence-corrected chi connectivity index (χ4v) is 1.59. The quantitative estimate of drug-likeness (QED) is 0.836. The summed E-state index contributed by atoms with van der Waals surface area (Å²) in [5.74, 6) is 0.696. The molecule has 0 radical (unpaired) electrons. The minimum absolute atomic E-state index is 0.138. The third-order valence-corrected chi connectivity index (χ3v) is 2.60. The van der Waals surface area contributed by atoms with Crippen molar-refractivity contribution in [3.05, 3.63) is 48.0 Å². The lowest BCUT2D eigenvalue weighted by atomic mass is 10.1. The molecule has 18 heavy (non-hydrogen) atoms.